The molecule has 0 aromatic rings. The van der Waals surface area contributed by atoms with Crippen LogP contribution >= 0.6 is 0 Å². The van der Waals surface area contributed by atoms with Crippen molar-refractivity contribution >= 4 is 11.9 Å². The molecule has 4 nitrogen and oxygen atoms in total. The topological polar surface area (TPSA) is 66.4 Å². The molecule has 1 amide bonds. The van der Waals surface area contributed by atoms with Crippen molar-refractivity contribution in [3.05, 3.63) is 0 Å². The molecule has 0 aliphatic heterocycles. The summed E-state index contributed by atoms with van der Waals surface area (Å²) in [4.78, 5) is 21.7. The average Bonchev–Trinajstić information content (AvgIpc) is 2.20. The van der Waals surface area contributed by atoms with Crippen LogP contribution in [0, 0.1) is 5.92 Å². The van der Waals surface area contributed by atoms with Crippen molar-refractivity contribution in [2.75, 3.05) is 6.54 Å². The van der Waals surface area contributed by atoms with Crippen molar-refractivity contribution in [2.24, 2.45) is 5.92 Å². The summed E-state index contributed by atoms with van der Waals surface area (Å²) in [5, 5.41) is 11.4. The van der Waals surface area contributed by atoms with Crippen LogP contribution in [0.5, 0.6) is 0 Å². The van der Waals surface area contributed by atoms with E-state index in [1.165, 1.54) is 0 Å². The number of aliphatic carboxylic acids is 1. The Labute approximate surface area is 91.1 Å². The summed E-state index contributed by atoms with van der Waals surface area (Å²) in [6.07, 6.45) is 3.34. The van der Waals surface area contributed by atoms with E-state index < -0.39 is 5.97 Å². The minimum absolute atomic E-state index is 0.0284. The zero-order chi connectivity index (χ0) is 11.7. The second-order valence-electron chi connectivity index (χ2n) is 3.78. The second kappa shape index (κ2) is 8.26. The Morgan fingerprint density at radius 1 is 1.33 bits per heavy atom. The number of carbonyl (C=O) groups is 2. The van der Waals surface area contributed by atoms with Crippen molar-refractivity contribution in [1.29, 1.82) is 0 Å². The summed E-state index contributed by atoms with van der Waals surface area (Å²) in [7, 11) is 0. The van der Waals surface area contributed by atoms with E-state index in [0.29, 0.717) is 13.0 Å². The molecule has 0 aliphatic carbocycles. The van der Waals surface area contributed by atoms with Crippen molar-refractivity contribution < 1.29 is 14.7 Å². The third-order valence-corrected chi connectivity index (χ3v) is 2.39. The summed E-state index contributed by atoms with van der Waals surface area (Å²) < 4.78 is 0. The van der Waals surface area contributed by atoms with Crippen LogP contribution in [-0.4, -0.2) is 23.5 Å². The maximum Gasteiger partial charge on any atom is 0.303 e. The second-order valence-corrected chi connectivity index (χ2v) is 3.78. The van der Waals surface area contributed by atoms with Crippen LogP contribution in [0.25, 0.3) is 0 Å². The number of nitrogens with one attached hydrogen (secondary N) is 1. The van der Waals surface area contributed by atoms with E-state index in [1.54, 1.807) is 0 Å². The Balaban J connectivity index is 3.69. The number of hydrogen-bond donors (Lipinski definition) is 2. The van der Waals surface area contributed by atoms with Gasteiger partial charge in [-0.15, -0.1) is 0 Å². The van der Waals surface area contributed by atoms with Gasteiger partial charge in [0, 0.05) is 19.4 Å². The van der Waals surface area contributed by atoms with Gasteiger partial charge in [0.15, 0.2) is 0 Å². The van der Waals surface area contributed by atoms with Gasteiger partial charge in [0.1, 0.15) is 0 Å². The fourth-order valence-corrected chi connectivity index (χ4v) is 1.29. The molecule has 0 aromatic carbocycles. The number of carbonyl (C=O) groups excluding carboxylic acids is 1. The van der Waals surface area contributed by atoms with E-state index in [9.17, 15) is 9.59 Å². The minimum Gasteiger partial charge on any atom is -0.481 e. The first-order valence-corrected chi connectivity index (χ1v) is 5.58. The molecular formula is C11H21NO3. The first kappa shape index (κ1) is 13.9. The third kappa shape index (κ3) is 7.97. The van der Waals surface area contributed by atoms with Gasteiger partial charge in [-0.3, -0.25) is 9.59 Å². The lowest BCUT2D eigenvalue weighted by molar-refractivity contribution is -0.138. The van der Waals surface area contributed by atoms with E-state index in [2.05, 4.69) is 5.32 Å². The molecule has 1 atom stereocenters. The van der Waals surface area contributed by atoms with Crippen LogP contribution in [0.1, 0.15) is 46.0 Å². The van der Waals surface area contributed by atoms with E-state index in [0.717, 1.165) is 19.3 Å². The van der Waals surface area contributed by atoms with Crippen LogP contribution < -0.4 is 5.32 Å². The summed E-state index contributed by atoms with van der Waals surface area (Å²) in [5.74, 6) is -0.724. The van der Waals surface area contributed by atoms with Gasteiger partial charge in [0.2, 0.25) is 5.91 Å². The maximum absolute atomic E-state index is 11.2. The molecule has 88 valence electrons. The molecule has 0 saturated carbocycles. The lowest BCUT2D eigenvalue weighted by atomic mass is 10.0. The highest BCUT2D eigenvalue weighted by Crippen LogP contribution is 2.06. The van der Waals surface area contributed by atoms with E-state index in [1.807, 2.05) is 13.8 Å². The fraction of sp³-hybridized carbons (Fsp3) is 0.818. The van der Waals surface area contributed by atoms with Gasteiger partial charge in [0.25, 0.3) is 0 Å². The van der Waals surface area contributed by atoms with Crippen LogP contribution in [-0.2, 0) is 9.59 Å². The quantitative estimate of drug-likeness (QED) is 0.648. The molecule has 4 heteroatoms. The van der Waals surface area contributed by atoms with Crippen molar-refractivity contribution in [3.8, 4) is 0 Å². The average molecular weight is 215 g/mol. The van der Waals surface area contributed by atoms with Crippen molar-refractivity contribution in [3.63, 3.8) is 0 Å². The molecule has 0 radical (unpaired) electrons. The Morgan fingerprint density at radius 2 is 2.00 bits per heavy atom. The number of carboxylic acid groups (broad SMARTS) is 1. The van der Waals surface area contributed by atoms with E-state index in [-0.39, 0.29) is 18.2 Å². The lowest BCUT2D eigenvalue weighted by Crippen LogP contribution is -2.29. The van der Waals surface area contributed by atoms with Gasteiger partial charge in [-0.05, 0) is 12.3 Å². The summed E-state index contributed by atoms with van der Waals surface area (Å²) in [5.41, 5.74) is 0. The highest BCUT2D eigenvalue weighted by Gasteiger charge is 2.11. The number of unbranched alkanes of at least 4 members (excludes halogenated alkanes) is 1. The Morgan fingerprint density at radius 3 is 2.47 bits per heavy atom. The predicted molar refractivity (Wildman–Crippen MR) is 58.6 cm³/mol. The zero-order valence-corrected chi connectivity index (χ0v) is 9.58. The molecule has 0 fully saturated rings. The van der Waals surface area contributed by atoms with Crippen LogP contribution in [0.15, 0.2) is 0 Å². The number of carboxylic acids is 1. The Hall–Kier alpha value is -1.06. The zero-order valence-electron chi connectivity index (χ0n) is 9.58. The number of amides is 1. The third-order valence-electron chi connectivity index (χ3n) is 2.39. The van der Waals surface area contributed by atoms with Gasteiger partial charge in [0.05, 0.1) is 0 Å². The largest absolute Gasteiger partial charge is 0.481 e. The molecule has 0 heterocycles. The molecule has 2 N–H and O–H groups in total. The molecule has 15 heavy (non-hydrogen) atoms. The normalized spacial score (nSPS) is 12.1. The molecule has 0 spiro atoms. The SMILES string of the molecule is CCCCC(=O)NCC(CC)CC(=O)O. The van der Waals surface area contributed by atoms with Gasteiger partial charge in [-0.25, -0.2) is 0 Å². The fourth-order valence-electron chi connectivity index (χ4n) is 1.29. The number of hydrogen-bond acceptors (Lipinski definition) is 2. The summed E-state index contributed by atoms with van der Waals surface area (Å²) in [6.45, 7) is 4.45. The molecule has 0 saturated heterocycles. The van der Waals surface area contributed by atoms with Crippen molar-refractivity contribution in [1.82, 2.24) is 5.32 Å². The molecule has 0 bridgehead atoms. The minimum atomic E-state index is -0.801. The van der Waals surface area contributed by atoms with Gasteiger partial charge < -0.3 is 10.4 Å². The Bertz CT molecular complexity index is 204. The molecular weight excluding hydrogens is 194 g/mol. The lowest BCUT2D eigenvalue weighted by Gasteiger charge is -2.13. The molecule has 0 rings (SSSR count). The predicted octanol–water partition coefficient (Wildman–Crippen LogP) is 1.79. The van der Waals surface area contributed by atoms with Gasteiger partial charge >= 0.3 is 5.97 Å². The van der Waals surface area contributed by atoms with Gasteiger partial charge in [-0.1, -0.05) is 26.7 Å². The Kier molecular flexibility index (Phi) is 7.68. The number of rotatable bonds is 8. The highest BCUT2D eigenvalue weighted by atomic mass is 16.4. The summed E-state index contributed by atoms with van der Waals surface area (Å²) >= 11 is 0. The molecule has 0 aromatic heterocycles. The van der Waals surface area contributed by atoms with Gasteiger partial charge in [-0.2, -0.15) is 0 Å². The van der Waals surface area contributed by atoms with E-state index >= 15 is 0 Å². The molecule has 1 unspecified atom stereocenters. The highest BCUT2D eigenvalue weighted by molar-refractivity contribution is 5.75. The smallest absolute Gasteiger partial charge is 0.303 e. The van der Waals surface area contributed by atoms with Crippen LogP contribution in [0.4, 0.5) is 0 Å². The van der Waals surface area contributed by atoms with Crippen LogP contribution in [0.3, 0.4) is 0 Å². The first-order valence-electron chi connectivity index (χ1n) is 5.58. The van der Waals surface area contributed by atoms with E-state index in [4.69, 9.17) is 5.11 Å². The van der Waals surface area contributed by atoms with Crippen molar-refractivity contribution in [2.45, 2.75) is 46.0 Å². The van der Waals surface area contributed by atoms with Crippen LogP contribution in [0.2, 0.25) is 0 Å². The summed E-state index contributed by atoms with van der Waals surface area (Å²) in [6, 6.07) is 0. The standard InChI is InChI=1S/C11H21NO3/c1-3-5-6-10(13)12-8-9(4-2)7-11(14)15/h9H,3-8H2,1-2H3,(H,12,13)(H,14,15). The molecule has 0 aliphatic rings. The monoisotopic (exact) mass is 215 g/mol. The first-order chi connectivity index (χ1) is 7.10. The maximum atomic E-state index is 11.2.